The molecule has 0 aromatic heterocycles. The fourth-order valence-corrected chi connectivity index (χ4v) is 2.37. The van der Waals surface area contributed by atoms with Crippen LogP contribution in [0.1, 0.15) is 30.4 Å². The molecule has 1 aliphatic rings. The van der Waals surface area contributed by atoms with Gasteiger partial charge in [0.2, 0.25) is 0 Å². The van der Waals surface area contributed by atoms with Gasteiger partial charge in [-0.25, -0.2) is 0 Å². The van der Waals surface area contributed by atoms with E-state index in [0.29, 0.717) is 12.5 Å². The van der Waals surface area contributed by atoms with Crippen molar-refractivity contribution in [1.29, 1.82) is 0 Å². The number of hydrogen-bond acceptors (Lipinski definition) is 3. The third-order valence-electron chi connectivity index (χ3n) is 3.94. The van der Waals surface area contributed by atoms with Crippen LogP contribution in [0.25, 0.3) is 0 Å². The highest BCUT2D eigenvalue weighted by Crippen LogP contribution is 2.29. The predicted molar refractivity (Wildman–Crippen MR) is 82.8 cm³/mol. The van der Waals surface area contributed by atoms with Crippen LogP contribution in [0.15, 0.2) is 18.2 Å². The Balaban J connectivity index is 1.70. The number of aliphatic carboxylic acids is 1. The molecule has 0 radical (unpaired) electrons. The second-order valence-corrected chi connectivity index (χ2v) is 6.02. The van der Waals surface area contributed by atoms with Gasteiger partial charge >= 0.3 is 5.97 Å². The van der Waals surface area contributed by atoms with Crippen LogP contribution in [0, 0.1) is 19.8 Å². The normalized spacial score (nSPS) is 14.4. The number of carboxylic acid groups (broad SMARTS) is 1. The summed E-state index contributed by atoms with van der Waals surface area (Å²) in [6, 6.07) is 6.10. The zero-order chi connectivity index (χ0) is 15.2. The second-order valence-electron chi connectivity index (χ2n) is 6.02. The maximum Gasteiger partial charge on any atom is 0.317 e. The first-order valence-electron chi connectivity index (χ1n) is 7.69. The summed E-state index contributed by atoms with van der Waals surface area (Å²) in [4.78, 5) is 12.9. The molecule has 0 atom stereocenters. The second kappa shape index (κ2) is 7.46. The van der Waals surface area contributed by atoms with E-state index in [2.05, 4.69) is 26.0 Å². The molecule has 0 saturated heterocycles. The van der Waals surface area contributed by atoms with E-state index in [1.807, 2.05) is 11.0 Å². The van der Waals surface area contributed by atoms with E-state index in [0.717, 1.165) is 25.3 Å². The molecule has 4 heteroatoms. The minimum absolute atomic E-state index is 0.139. The molecule has 0 bridgehead atoms. The van der Waals surface area contributed by atoms with Crippen LogP contribution in [0.5, 0.6) is 5.75 Å². The number of nitrogens with zero attached hydrogens (tertiary/aromatic N) is 1. The number of hydrogen-bond donors (Lipinski definition) is 1. The summed E-state index contributed by atoms with van der Waals surface area (Å²) in [6.07, 6.45) is 3.34. The number of carbonyl (C=O) groups is 1. The van der Waals surface area contributed by atoms with Crippen LogP contribution < -0.4 is 4.74 Å². The van der Waals surface area contributed by atoms with Crippen molar-refractivity contribution in [3.05, 3.63) is 29.3 Å². The van der Waals surface area contributed by atoms with E-state index in [1.54, 1.807) is 0 Å². The first-order chi connectivity index (χ1) is 10.0. The van der Waals surface area contributed by atoms with Crippen LogP contribution in [-0.4, -0.2) is 42.2 Å². The lowest BCUT2D eigenvalue weighted by atomic mass is 10.1. The van der Waals surface area contributed by atoms with Crippen molar-refractivity contribution < 1.29 is 14.6 Å². The third-order valence-corrected chi connectivity index (χ3v) is 3.94. The molecule has 116 valence electrons. The molecule has 21 heavy (non-hydrogen) atoms. The monoisotopic (exact) mass is 291 g/mol. The molecule has 1 aromatic rings. The van der Waals surface area contributed by atoms with Crippen molar-refractivity contribution in [3.8, 4) is 5.75 Å². The summed E-state index contributed by atoms with van der Waals surface area (Å²) in [5.74, 6) is 0.862. The molecular formula is C17H25NO3. The van der Waals surface area contributed by atoms with Gasteiger partial charge in [0.25, 0.3) is 0 Å². The molecule has 2 rings (SSSR count). The quantitative estimate of drug-likeness (QED) is 0.711. The molecule has 1 aliphatic carbocycles. The highest BCUT2D eigenvalue weighted by atomic mass is 16.5. The van der Waals surface area contributed by atoms with Crippen LogP contribution in [-0.2, 0) is 4.79 Å². The van der Waals surface area contributed by atoms with Crippen LogP contribution in [0.2, 0.25) is 0 Å². The molecule has 4 nitrogen and oxygen atoms in total. The van der Waals surface area contributed by atoms with Gasteiger partial charge in [-0.15, -0.1) is 0 Å². The van der Waals surface area contributed by atoms with E-state index in [-0.39, 0.29) is 6.54 Å². The molecule has 0 heterocycles. The van der Waals surface area contributed by atoms with Gasteiger partial charge in [0, 0.05) is 13.1 Å². The first-order valence-corrected chi connectivity index (χ1v) is 7.69. The zero-order valence-electron chi connectivity index (χ0n) is 13.0. The SMILES string of the molecule is Cc1ccc(OCCCN(CC(=O)O)CC2CC2)cc1C. The van der Waals surface area contributed by atoms with E-state index in [1.165, 1.54) is 24.0 Å². The van der Waals surface area contributed by atoms with Gasteiger partial charge in [-0.05, 0) is 62.3 Å². The predicted octanol–water partition coefficient (Wildman–Crippen LogP) is 2.87. The van der Waals surface area contributed by atoms with E-state index in [4.69, 9.17) is 9.84 Å². The number of aryl methyl sites for hydroxylation is 2. The van der Waals surface area contributed by atoms with Crippen LogP contribution in [0.3, 0.4) is 0 Å². The van der Waals surface area contributed by atoms with Gasteiger partial charge in [-0.1, -0.05) is 6.07 Å². The lowest BCUT2D eigenvalue weighted by molar-refractivity contribution is -0.138. The van der Waals surface area contributed by atoms with Gasteiger partial charge < -0.3 is 9.84 Å². The molecule has 0 unspecified atom stereocenters. The Kier molecular flexibility index (Phi) is 5.62. The third kappa shape index (κ3) is 5.76. The zero-order valence-corrected chi connectivity index (χ0v) is 13.0. The maximum absolute atomic E-state index is 10.9. The fraction of sp³-hybridized carbons (Fsp3) is 0.588. The lowest BCUT2D eigenvalue weighted by Gasteiger charge is -2.20. The number of carboxylic acids is 1. The van der Waals surface area contributed by atoms with E-state index < -0.39 is 5.97 Å². The minimum atomic E-state index is -0.745. The molecule has 0 spiro atoms. The topological polar surface area (TPSA) is 49.8 Å². The Hall–Kier alpha value is -1.55. The van der Waals surface area contributed by atoms with Crippen molar-refractivity contribution in [1.82, 2.24) is 4.90 Å². The maximum atomic E-state index is 10.9. The molecule has 1 aromatic carbocycles. The van der Waals surface area contributed by atoms with Gasteiger partial charge in [0.05, 0.1) is 13.2 Å². The molecular weight excluding hydrogens is 266 g/mol. The van der Waals surface area contributed by atoms with Gasteiger partial charge in [0.1, 0.15) is 5.75 Å². The number of ether oxygens (including phenoxy) is 1. The summed E-state index contributed by atoms with van der Waals surface area (Å²) in [5, 5.41) is 8.94. The Morgan fingerprint density at radius 2 is 2.10 bits per heavy atom. The average molecular weight is 291 g/mol. The van der Waals surface area contributed by atoms with Gasteiger partial charge in [-0.3, -0.25) is 9.69 Å². The Morgan fingerprint density at radius 3 is 2.71 bits per heavy atom. The highest BCUT2D eigenvalue weighted by molar-refractivity contribution is 5.69. The first kappa shape index (κ1) is 15.8. The fourth-order valence-electron chi connectivity index (χ4n) is 2.37. The number of rotatable bonds is 9. The average Bonchev–Trinajstić information content (AvgIpc) is 3.22. The summed E-state index contributed by atoms with van der Waals surface area (Å²) >= 11 is 0. The summed E-state index contributed by atoms with van der Waals surface area (Å²) in [5.41, 5.74) is 2.49. The lowest BCUT2D eigenvalue weighted by Crippen LogP contribution is -2.33. The van der Waals surface area contributed by atoms with E-state index in [9.17, 15) is 4.79 Å². The Labute approximate surface area is 126 Å². The molecule has 1 saturated carbocycles. The van der Waals surface area contributed by atoms with Crippen molar-refractivity contribution in [3.63, 3.8) is 0 Å². The molecule has 1 N–H and O–H groups in total. The molecule has 0 amide bonds. The van der Waals surface area contributed by atoms with Gasteiger partial charge in [-0.2, -0.15) is 0 Å². The molecule has 0 aliphatic heterocycles. The van der Waals surface area contributed by atoms with E-state index >= 15 is 0 Å². The minimum Gasteiger partial charge on any atom is -0.494 e. The van der Waals surface area contributed by atoms with Crippen molar-refractivity contribution >= 4 is 5.97 Å². The number of benzene rings is 1. The van der Waals surface area contributed by atoms with Gasteiger partial charge in [0.15, 0.2) is 0 Å². The highest BCUT2D eigenvalue weighted by Gasteiger charge is 2.24. The summed E-state index contributed by atoms with van der Waals surface area (Å²) < 4.78 is 5.74. The van der Waals surface area contributed by atoms with Crippen molar-refractivity contribution in [2.45, 2.75) is 33.1 Å². The van der Waals surface area contributed by atoms with Crippen LogP contribution >= 0.6 is 0 Å². The standard InChI is InChI=1S/C17H25NO3/c1-13-4-7-16(10-14(13)2)21-9-3-8-18(12-17(19)20)11-15-5-6-15/h4,7,10,15H,3,5-6,8-9,11-12H2,1-2H3,(H,19,20). The van der Waals surface area contributed by atoms with Crippen molar-refractivity contribution in [2.24, 2.45) is 5.92 Å². The van der Waals surface area contributed by atoms with Crippen LogP contribution in [0.4, 0.5) is 0 Å². The smallest absolute Gasteiger partial charge is 0.317 e. The molecule has 1 fully saturated rings. The Bertz CT molecular complexity index is 483. The van der Waals surface area contributed by atoms with Crippen molar-refractivity contribution in [2.75, 3.05) is 26.2 Å². The Morgan fingerprint density at radius 1 is 1.33 bits per heavy atom. The summed E-state index contributed by atoms with van der Waals surface area (Å²) in [6.45, 7) is 6.63. The summed E-state index contributed by atoms with van der Waals surface area (Å²) in [7, 11) is 0. The largest absolute Gasteiger partial charge is 0.494 e.